The highest BCUT2D eigenvalue weighted by Crippen LogP contribution is 2.14. The molecule has 0 aliphatic heterocycles. The Morgan fingerprint density at radius 2 is 1.85 bits per heavy atom. The molecule has 0 spiro atoms. The zero-order chi connectivity index (χ0) is 19.1. The normalized spacial score (nSPS) is 12.1. The third-order valence-electron chi connectivity index (χ3n) is 4.24. The van der Waals surface area contributed by atoms with Crippen molar-refractivity contribution < 1.29 is 14.7 Å². The third-order valence-corrected chi connectivity index (χ3v) is 4.24. The van der Waals surface area contributed by atoms with Gasteiger partial charge in [0.1, 0.15) is 6.04 Å². The molecule has 0 aliphatic carbocycles. The lowest BCUT2D eigenvalue weighted by Crippen LogP contribution is -2.41. The molecule has 140 valence electrons. The second-order valence-corrected chi connectivity index (χ2v) is 6.28. The van der Waals surface area contributed by atoms with Gasteiger partial charge in [-0.1, -0.05) is 51.3 Å². The van der Waals surface area contributed by atoms with Crippen LogP contribution >= 0.6 is 0 Å². The minimum absolute atomic E-state index is 0.0825. The number of aromatic nitrogens is 2. The van der Waals surface area contributed by atoms with Crippen molar-refractivity contribution in [3.05, 3.63) is 40.3 Å². The lowest BCUT2D eigenvalue weighted by atomic mass is 10.1. The molecule has 1 heterocycles. The average molecular weight is 359 g/mol. The highest BCUT2D eigenvalue weighted by Gasteiger charge is 2.23. The molecule has 26 heavy (non-hydrogen) atoms. The monoisotopic (exact) mass is 359 g/mol. The SMILES string of the molecule is CCCCCn1nc(C(=O)NC(CCC)C(=O)O)c2ccccc2c1=O. The quantitative estimate of drug-likeness (QED) is 0.670. The number of unbranched alkanes of at least 4 members (excludes halogenated alkanes) is 2. The fraction of sp³-hybridized carbons (Fsp3) is 0.474. The van der Waals surface area contributed by atoms with Crippen molar-refractivity contribution in [3.8, 4) is 0 Å². The molecule has 2 rings (SSSR count). The largest absolute Gasteiger partial charge is 0.480 e. The van der Waals surface area contributed by atoms with Crippen molar-refractivity contribution in [2.45, 2.75) is 58.5 Å². The maximum absolute atomic E-state index is 12.7. The van der Waals surface area contributed by atoms with Crippen molar-refractivity contribution in [1.29, 1.82) is 0 Å². The van der Waals surface area contributed by atoms with Crippen LogP contribution in [0.4, 0.5) is 0 Å². The summed E-state index contributed by atoms with van der Waals surface area (Å²) in [5, 5.41) is 16.9. The van der Waals surface area contributed by atoms with E-state index in [4.69, 9.17) is 0 Å². The fourth-order valence-corrected chi connectivity index (χ4v) is 2.84. The van der Waals surface area contributed by atoms with E-state index in [2.05, 4.69) is 17.3 Å². The molecule has 1 atom stereocenters. The molecule has 0 radical (unpaired) electrons. The Kier molecular flexibility index (Phi) is 6.89. The molecule has 1 unspecified atom stereocenters. The number of benzene rings is 1. The number of fused-ring (bicyclic) bond motifs is 1. The zero-order valence-electron chi connectivity index (χ0n) is 15.2. The fourth-order valence-electron chi connectivity index (χ4n) is 2.84. The van der Waals surface area contributed by atoms with Crippen LogP contribution in [0.25, 0.3) is 10.8 Å². The molecule has 7 heteroatoms. The molecule has 7 nitrogen and oxygen atoms in total. The third kappa shape index (κ3) is 4.47. The van der Waals surface area contributed by atoms with E-state index >= 15 is 0 Å². The summed E-state index contributed by atoms with van der Waals surface area (Å²) in [6.45, 7) is 4.34. The van der Waals surface area contributed by atoms with Crippen molar-refractivity contribution in [2.75, 3.05) is 0 Å². The number of carbonyl (C=O) groups is 2. The predicted octanol–water partition coefficient (Wildman–Crippen LogP) is 2.57. The Morgan fingerprint density at radius 1 is 1.15 bits per heavy atom. The topological polar surface area (TPSA) is 101 Å². The van der Waals surface area contributed by atoms with E-state index < -0.39 is 17.9 Å². The van der Waals surface area contributed by atoms with Gasteiger partial charge in [-0.15, -0.1) is 0 Å². The van der Waals surface area contributed by atoms with E-state index in [1.165, 1.54) is 4.68 Å². The maximum Gasteiger partial charge on any atom is 0.326 e. The Balaban J connectivity index is 2.44. The van der Waals surface area contributed by atoms with Crippen LogP contribution in [0.5, 0.6) is 0 Å². The van der Waals surface area contributed by atoms with Crippen LogP contribution in [-0.2, 0) is 11.3 Å². The summed E-state index contributed by atoms with van der Waals surface area (Å²) >= 11 is 0. The number of carboxylic acid groups (broad SMARTS) is 1. The molecule has 2 aromatic rings. The molecule has 1 aromatic carbocycles. The number of aryl methyl sites for hydroxylation is 1. The second kappa shape index (κ2) is 9.12. The first-order valence-electron chi connectivity index (χ1n) is 9.03. The molecule has 0 fully saturated rings. The van der Waals surface area contributed by atoms with Crippen molar-refractivity contribution in [2.24, 2.45) is 0 Å². The first-order chi connectivity index (χ1) is 12.5. The highest BCUT2D eigenvalue weighted by molar-refractivity contribution is 6.05. The zero-order valence-corrected chi connectivity index (χ0v) is 15.2. The first kappa shape index (κ1) is 19.6. The van der Waals surface area contributed by atoms with Crippen molar-refractivity contribution in [1.82, 2.24) is 15.1 Å². The van der Waals surface area contributed by atoms with E-state index in [1.54, 1.807) is 24.3 Å². The van der Waals surface area contributed by atoms with E-state index in [9.17, 15) is 19.5 Å². The van der Waals surface area contributed by atoms with Crippen LogP contribution in [0.15, 0.2) is 29.1 Å². The van der Waals surface area contributed by atoms with Crippen LogP contribution in [0.2, 0.25) is 0 Å². The molecule has 0 saturated heterocycles. The number of aliphatic carboxylic acids is 1. The smallest absolute Gasteiger partial charge is 0.326 e. The summed E-state index contributed by atoms with van der Waals surface area (Å²) in [7, 11) is 0. The summed E-state index contributed by atoms with van der Waals surface area (Å²) in [4.78, 5) is 36.6. The Bertz CT molecular complexity index is 844. The van der Waals surface area contributed by atoms with Crippen LogP contribution in [-0.4, -0.2) is 32.8 Å². The molecule has 1 aromatic heterocycles. The number of amides is 1. The Labute approximate surface area is 152 Å². The van der Waals surface area contributed by atoms with Gasteiger partial charge < -0.3 is 10.4 Å². The highest BCUT2D eigenvalue weighted by atomic mass is 16.4. The van der Waals surface area contributed by atoms with Crippen molar-refractivity contribution in [3.63, 3.8) is 0 Å². The lowest BCUT2D eigenvalue weighted by Gasteiger charge is -2.15. The summed E-state index contributed by atoms with van der Waals surface area (Å²) in [5.74, 6) is -1.66. The second-order valence-electron chi connectivity index (χ2n) is 6.28. The molecule has 0 aliphatic rings. The molecule has 2 N–H and O–H groups in total. The van der Waals surface area contributed by atoms with Gasteiger partial charge in [0.05, 0.1) is 5.39 Å². The lowest BCUT2D eigenvalue weighted by molar-refractivity contribution is -0.139. The number of hydrogen-bond donors (Lipinski definition) is 2. The van der Waals surface area contributed by atoms with Gasteiger partial charge in [-0.05, 0) is 18.9 Å². The Hall–Kier alpha value is -2.70. The standard InChI is InChI=1S/C19H25N3O4/c1-3-5-8-12-22-18(24)14-11-7-6-10-13(14)16(21-22)17(23)20-15(9-4-2)19(25)26/h6-7,10-11,15H,3-5,8-9,12H2,1-2H3,(H,20,23)(H,25,26). The van der Waals surface area contributed by atoms with Crippen LogP contribution < -0.4 is 10.9 Å². The van der Waals surface area contributed by atoms with E-state index in [0.29, 0.717) is 30.2 Å². The van der Waals surface area contributed by atoms with Crippen LogP contribution in [0.3, 0.4) is 0 Å². The molecular weight excluding hydrogens is 334 g/mol. The van der Waals surface area contributed by atoms with Gasteiger partial charge in [0.2, 0.25) is 0 Å². The number of nitrogens with one attached hydrogen (secondary N) is 1. The molecular formula is C19H25N3O4. The number of rotatable bonds is 9. The minimum Gasteiger partial charge on any atom is -0.480 e. The van der Waals surface area contributed by atoms with Crippen molar-refractivity contribution >= 4 is 22.6 Å². The van der Waals surface area contributed by atoms with Crippen LogP contribution in [0.1, 0.15) is 56.4 Å². The van der Waals surface area contributed by atoms with Gasteiger partial charge in [-0.25, -0.2) is 9.48 Å². The molecule has 1 amide bonds. The summed E-state index contributed by atoms with van der Waals surface area (Å²) in [6.07, 6.45) is 3.71. The van der Waals surface area contributed by atoms with Gasteiger partial charge in [0.15, 0.2) is 5.69 Å². The minimum atomic E-state index is -1.08. The maximum atomic E-state index is 12.7. The molecule has 0 saturated carbocycles. The summed E-state index contributed by atoms with van der Waals surface area (Å²) < 4.78 is 1.31. The summed E-state index contributed by atoms with van der Waals surface area (Å²) in [5.41, 5.74) is -0.157. The van der Waals surface area contributed by atoms with Gasteiger partial charge in [0, 0.05) is 11.9 Å². The van der Waals surface area contributed by atoms with E-state index in [1.807, 2.05) is 6.92 Å². The van der Waals surface area contributed by atoms with Gasteiger partial charge in [-0.2, -0.15) is 5.10 Å². The molecule has 0 bridgehead atoms. The van der Waals surface area contributed by atoms with Crippen LogP contribution in [0, 0.1) is 0 Å². The van der Waals surface area contributed by atoms with Gasteiger partial charge >= 0.3 is 5.97 Å². The Morgan fingerprint density at radius 3 is 2.46 bits per heavy atom. The average Bonchev–Trinajstić information content (AvgIpc) is 2.63. The van der Waals surface area contributed by atoms with E-state index in [0.717, 1.165) is 19.3 Å². The van der Waals surface area contributed by atoms with E-state index in [-0.39, 0.29) is 11.3 Å². The number of hydrogen-bond acceptors (Lipinski definition) is 4. The number of carbonyl (C=O) groups excluding carboxylic acids is 1. The van der Waals surface area contributed by atoms with Gasteiger partial charge in [0.25, 0.3) is 11.5 Å². The summed E-state index contributed by atoms with van der Waals surface area (Å²) in [6, 6.07) is 5.80. The van der Waals surface area contributed by atoms with Gasteiger partial charge in [-0.3, -0.25) is 9.59 Å². The number of nitrogens with zero attached hydrogens (tertiary/aromatic N) is 2. The first-order valence-corrected chi connectivity index (χ1v) is 9.03. The number of carboxylic acids is 1. The predicted molar refractivity (Wildman–Crippen MR) is 99.3 cm³/mol.